The lowest BCUT2D eigenvalue weighted by Crippen LogP contribution is -2.29. The molecule has 0 aliphatic carbocycles. The van der Waals surface area contributed by atoms with Gasteiger partial charge in [0.1, 0.15) is 6.10 Å². The standard InChI is InChI=1S/C25H23F2N3O7S/c1-38(33,34)29-23(31)16-4-6-18(7-5-16)30(24(32)17-3-2-11-28-14-17)19-8-9-21(37-25(26)27)22(13-19)36-20-10-12-35-15-20/h2-9,11,13-14,20,25H,10,12,15H2,1H3,(H,29,31)/t20-/m1/s1. The van der Waals surface area contributed by atoms with Crippen LogP contribution in [0.1, 0.15) is 27.1 Å². The minimum atomic E-state index is -3.78. The first-order chi connectivity index (χ1) is 18.1. The van der Waals surface area contributed by atoms with Crippen LogP contribution in [0.3, 0.4) is 0 Å². The van der Waals surface area contributed by atoms with Crippen molar-refractivity contribution in [2.75, 3.05) is 24.4 Å². The van der Waals surface area contributed by atoms with Crippen molar-refractivity contribution in [1.82, 2.24) is 9.71 Å². The zero-order valence-corrected chi connectivity index (χ0v) is 20.9. The number of hydrogen-bond acceptors (Lipinski definition) is 8. The summed E-state index contributed by atoms with van der Waals surface area (Å²) in [4.78, 5) is 31.1. The molecule has 0 spiro atoms. The second kappa shape index (κ2) is 11.5. The Morgan fingerprint density at radius 2 is 1.82 bits per heavy atom. The van der Waals surface area contributed by atoms with Gasteiger partial charge in [-0.3, -0.25) is 19.5 Å². The molecule has 1 saturated heterocycles. The maximum Gasteiger partial charge on any atom is 0.387 e. The summed E-state index contributed by atoms with van der Waals surface area (Å²) in [5.41, 5.74) is 0.819. The van der Waals surface area contributed by atoms with E-state index >= 15 is 0 Å². The summed E-state index contributed by atoms with van der Waals surface area (Å²) in [7, 11) is -3.78. The number of carbonyl (C=O) groups excluding carboxylic acids is 2. The van der Waals surface area contributed by atoms with Gasteiger partial charge in [0.05, 0.1) is 30.7 Å². The van der Waals surface area contributed by atoms with Gasteiger partial charge in [-0.05, 0) is 48.5 Å². The fourth-order valence-electron chi connectivity index (χ4n) is 3.70. The molecule has 2 aromatic carbocycles. The summed E-state index contributed by atoms with van der Waals surface area (Å²) in [6.07, 6.45) is 3.88. The molecule has 0 saturated carbocycles. The number of sulfonamides is 1. The summed E-state index contributed by atoms with van der Waals surface area (Å²) in [6.45, 7) is -2.37. The van der Waals surface area contributed by atoms with Crippen molar-refractivity contribution in [3.8, 4) is 11.5 Å². The van der Waals surface area contributed by atoms with E-state index in [2.05, 4.69) is 9.72 Å². The van der Waals surface area contributed by atoms with Crippen LogP contribution in [-0.4, -0.2) is 57.4 Å². The molecule has 1 N–H and O–H groups in total. The molecular formula is C25H23F2N3O7S. The monoisotopic (exact) mass is 547 g/mol. The van der Waals surface area contributed by atoms with Crippen molar-refractivity contribution < 1.29 is 41.0 Å². The van der Waals surface area contributed by atoms with E-state index in [9.17, 15) is 26.8 Å². The number of hydrogen-bond donors (Lipinski definition) is 1. The summed E-state index contributed by atoms with van der Waals surface area (Å²) < 4.78 is 66.6. The van der Waals surface area contributed by atoms with Crippen LogP contribution in [0.4, 0.5) is 20.2 Å². The summed E-state index contributed by atoms with van der Waals surface area (Å²) in [5.74, 6) is -1.57. The Morgan fingerprint density at radius 3 is 2.42 bits per heavy atom. The third kappa shape index (κ3) is 6.81. The number of aromatic nitrogens is 1. The van der Waals surface area contributed by atoms with Gasteiger partial charge in [-0.25, -0.2) is 13.1 Å². The SMILES string of the molecule is CS(=O)(=O)NC(=O)c1ccc(N(C(=O)c2cccnc2)c2ccc(OC(F)F)c(O[C@@H]3CCOC3)c2)cc1. The van der Waals surface area contributed by atoms with Gasteiger partial charge in [0.2, 0.25) is 10.0 Å². The summed E-state index contributed by atoms with van der Waals surface area (Å²) >= 11 is 0. The molecule has 13 heteroatoms. The number of halogens is 2. The Balaban J connectivity index is 1.75. The van der Waals surface area contributed by atoms with Gasteiger partial charge >= 0.3 is 6.61 Å². The minimum Gasteiger partial charge on any atom is -0.484 e. The van der Waals surface area contributed by atoms with Crippen LogP contribution in [0.2, 0.25) is 0 Å². The molecule has 0 bridgehead atoms. The molecule has 0 radical (unpaired) electrons. The van der Waals surface area contributed by atoms with E-state index in [1.165, 1.54) is 59.8 Å². The molecule has 4 rings (SSSR count). The Labute approximate surface area is 217 Å². The van der Waals surface area contributed by atoms with Crippen molar-refractivity contribution >= 4 is 33.2 Å². The van der Waals surface area contributed by atoms with E-state index in [-0.39, 0.29) is 41.0 Å². The number of rotatable bonds is 9. The van der Waals surface area contributed by atoms with Gasteiger partial charge in [0.15, 0.2) is 11.5 Å². The Hall–Kier alpha value is -4.10. The number of amides is 2. The molecule has 38 heavy (non-hydrogen) atoms. The maximum absolute atomic E-state index is 13.6. The quantitative estimate of drug-likeness (QED) is 0.432. The van der Waals surface area contributed by atoms with Gasteiger partial charge < -0.3 is 14.2 Å². The highest BCUT2D eigenvalue weighted by Gasteiger charge is 2.25. The molecule has 1 aliphatic rings. The molecule has 1 aromatic heterocycles. The van der Waals surface area contributed by atoms with Crippen molar-refractivity contribution in [2.45, 2.75) is 19.1 Å². The van der Waals surface area contributed by atoms with E-state index in [0.717, 1.165) is 6.26 Å². The van der Waals surface area contributed by atoms with Crippen LogP contribution in [0, 0.1) is 0 Å². The van der Waals surface area contributed by atoms with E-state index < -0.39 is 28.4 Å². The van der Waals surface area contributed by atoms with E-state index in [0.29, 0.717) is 18.7 Å². The van der Waals surface area contributed by atoms with Crippen molar-refractivity contribution in [1.29, 1.82) is 0 Å². The molecule has 3 aromatic rings. The van der Waals surface area contributed by atoms with Crippen molar-refractivity contribution in [2.24, 2.45) is 0 Å². The lowest BCUT2D eigenvalue weighted by atomic mass is 10.1. The number of anilines is 2. The van der Waals surface area contributed by atoms with Crippen LogP contribution in [0.15, 0.2) is 67.0 Å². The number of nitrogens with one attached hydrogen (secondary N) is 1. The first kappa shape index (κ1) is 26.9. The lowest BCUT2D eigenvalue weighted by Gasteiger charge is -2.25. The Bertz CT molecular complexity index is 1400. The first-order valence-electron chi connectivity index (χ1n) is 11.3. The third-order valence-electron chi connectivity index (χ3n) is 5.36. The molecular weight excluding hydrogens is 524 g/mol. The number of carbonyl (C=O) groups is 2. The first-order valence-corrected chi connectivity index (χ1v) is 13.2. The Kier molecular flexibility index (Phi) is 8.17. The highest BCUT2D eigenvalue weighted by Crippen LogP contribution is 2.37. The molecule has 200 valence electrons. The minimum absolute atomic E-state index is 0.00793. The summed E-state index contributed by atoms with van der Waals surface area (Å²) in [6, 6.07) is 12.8. The zero-order chi connectivity index (χ0) is 27.3. The van der Waals surface area contributed by atoms with E-state index in [4.69, 9.17) is 9.47 Å². The molecule has 0 unspecified atom stereocenters. The number of pyridine rings is 1. The second-order valence-electron chi connectivity index (χ2n) is 8.25. The van der Waals surface area contributed by atoms with Crippen molar-refractivity contribution in [3.05, 3.63) is 78.1 Å². The van der Waals surface area contributed by atoms with Gasteiger partial charge in [-0.1, -0.05) is 0 Å². The third-order valence-corrected chi connectivity index (χ3v) is 5.92. The number of nitrogens with zero attached hydrogens (tertiary/aromatic N) is 2. The topological polar surface area (TPSA) is 124 Å². The molecule has 2 amide bonds. The van der Waals surface area contributed by atoms with E-state index in [1.807, 2.05) is 4.72 Å². The van der Waals surface area contributed by atoms with E-state index in [1.54, 1.807) is 12.1 Å². The van der Waals surface area contributed by atoms with Crippen LogP contribution in [0.5, 0.6) is 11.5 Å². The fourth-order valence-corrected chi connectivity index (χ4v) is 4.15. The van der Waals surface area contributed by atoms with Gasteiger partial charge in [0.25, 0.3) is 11.8 Å². The lowest BCUT2D eigenvalue weighted by molar-refractivity contribution is -0.0521. The van der Waals surface area contributed by atoms with Gasteiger partial charge in [-0.15, -0.1) is 0 Å². The largest absolute Gasteiger partial charge is 0.484 e. The average Bonchev–Trinajstić information content (AvgIpc) is 3.38. The smallest absolute Gasteiger partial charge is 0.387 e. The maximum atomic E-state index is 13.6. The van der Waals surface area contributed by atoms with Gasteiger partial charge in [-0.2, -0.15) is 8.78 Å². The highest BCUT2D eigenvalue weighted by atomic mass is 32.2. The van der Waals surface area contributed by atoms with Gasteiger partial charge in [0, 0.05) is 36.1 Å². The molecule has 10 nitrogen and oxygen atoms in total. The highest BCUT2D eigenvalue weighted by molar-refractivity contribution is 7.89. The predicted octanol–water partition coefficient (Wildman–Crippen LogP) is 3.52. The average molecular weight is 548 g/mol. The van der Waals surface area contributed by atoms with Crippen LogP contribution < -0.4 is 19.1 Å². The van der Waals surface area contributed by atoms with Crippen LogP contribution in [-0.2, 0) is 14.8 Å². The van der Waals surface area contributed by atoms with Crippen molar-refractivity contribution in [3.63, 3.8) is 0 Å². The van der Waals surface area contributed by atoms with Crippen LogP contribution >= 0.6 is 0 Å². The second-order valence-corrected chi connectivity index (χ2v) is 9.99. The fraction of sp³-hybridized carbons (Fsp3) is 0.240. The molecule has 2 heterocycles. The number of alkyl halides is 2. The number of ether oxygens (including phenoxy) is 3. The summed E-state index contributed by atoms with van der Waals surface area (Å²) in [5, 5.41) is 0. The predicted molar refractivity (Wildman–Crippen MR) is 132 cm³/mol. The molecule has 1 fully saturated rings. The Morgan fingerprint density at radius 1 is 1.08 bits per heavy atom. The normalized spacial score (nSPS) is 15.2. The number of benzene rings is 2. The van der Waals surface area contributed by atoms with Crippen LogP contribution in [0.25, 0.3) is 0 Å². The molecule has 1 aliphatic heterocycles. The molecule has 1 atom stereocenters. The zero-order valence-electron chi connectivity index (χ0n) is 20.0.